The molecule has 0 aromatic heterocycles. The zero-order chi connectivity index (χ0) is 9.52. The highest BCUT2D eigenvalue weighted by Gasteiger charge is 2.16. The third kappa shape index (κ3) is 4.92. The number of unbranched alkanes of at least 4 members (excludes halogenated alkanes) is 3. The van der Waals surface area contributed by atoms with Crippen molar-refractivity contribution in [3.8, 4) is 0 Å². The maximum atomic E-state index is 3.61. The van der Waals surface area contributed by atoms with E-state index in [-0.39, 0.29) is 0 Å². The van der Waals surface area contributed by atoms with Crippen LogP contribution in [-0.4, -0.2) is 17.7 Å². The lowest BCUT2D eigenvalue weighted by atomic mass is 10.1. The molecule has 13 heavy (non-hydrogen) atoms. The summed E-state index contributed by atoms with van der Waals surface area (Å²) in [5.74, 6) is 2.22. The molecule has 1 aliphatic rings. The van der Waals surface area contributed by atoms with Crippen LogP contribution in [0.1, 0.15) is 46.0 Å². The predicted octanol–water partition coefficient (Wildman–Crippen LogP) is 3.26. The molecular formula is C11H23NS. The Morgan fingerprint density at radius 3 is 2.77 bits per heavy atom. The fraction of sp³-hybridized carbons (Fsp3) is 1.00. The lowest BCUT2D eigenvalue weighted by molar-refractivity contribution is 0.488. The molecule has 0 amide bonds. The molecule has 0 aromatic rings. The van der Waals surface area contributed by atoms with Crippen LogP contribution < -0.4 is 5.32 Å². The Hall–Kier alpha value is 0.310. The molecule has 0 bridgehead atoms. The summed E-state index contributed by atoms with van der Waals surface area (Å²) in [6, 6.07) is 0. The van der Waals surface area contributed by atoms with Gasteiger partial charge in [0.05, 0.1) is 5.37 Å². The Balaban J connectivity index is 1.96. The maximum Gasteiger partial charge on any atom is 0.0532 e. The molecule has 1 nitrogen and oxygen atoms in total. The third-order valence-corrected chi connectivity index (χ3v) is 4.16. The average Bonchev–Trinajstić information content (AvgIpc) is 2.15. The van der Waals surface area contributed by atoms with Gasteiger partial charge in [0.2, 0.25) is 0 Å². The molecule has 2 heteroatoms. The van der Waals surface area contributed by atoms with Crippen molar-refractivity contribution in [3.63, 3.8) is 0 Å². The van der Waals surface area contributed by atoms with Crippen molar-refractivity contribution < 1.29 is 0 Å². The van der Waals surface area contributed by atoms with E-state index in [9.17, 15) is 0 Å². The largest absolute Gasteiger partial charge is 0.305 e. The molecule has 0 spiro atoms. The lowest BCUT2D eigenvalue weighted by Crippen LogP contribution is -2.36. The smallest absolute Gasteiger partial charge is 0.0532 e. The van der Waals surface area contributed by atoms with E-state index in [0.717, 1.165) is 11.3 Å². The second kappa shape index (κ2) is 6.72. The molecule has 0 aromatic carbocycles. The first-order valence-electron chi connectivity index (χ1n) is 5.68. The van der Waals surface area contributed by atoms with Crippen LogP contribution in [-0.2, 0) is 0 Å². The van der Waals surface area contributed by atoms with Gasteiger partial charge in [-0.3, -0.25) is 0 Å². The van der Waals surface area contributed by atoms with Gasteiger partial charge in [-0.25, -0.2) is 0 Å². The van der Waals surface area contributed by atoms with Crippen LogP contribution in [0, 0.1) is 5.92 Å². The minimum Gasteiger partial charge on any atom is -0.305 e. The van der Waals surface area contributed by atoms with Gasteiger partial charge in [-0.15, -0.1) is 11.8 Å². The van der Waals surface area contributed by atoms with Gasteiger partial charge in [0.1, 0.15) is 0 Å². The highest BCUT2D eigenvalue weighted by Crippen LogP contribution is 2.22. The standard InChI is InChI=1S/C11H23NS/c1-3-4-5-6-7-11-12-8-10(2)9-13-11/h10-12H,3-9H2,1-2H3. The second-order valence-electron chi connectivity index (χ2n) is 4.18. The molecule has 78 valence electrons. The van der Waals surface area contributed by atoms with E-state index < -0.39 is 0 Å². The summed E-state index contributed by atoms with van der Waals surface area (Å²) in [7, 11) is 0. The molecule has 0 saturated carbocycles. The van der Waals surface area contributed by atoms with E-state index in [1.165, 1.54) is 44.4 Å². The third-order valence-electron chi connectivity index (χ3n) is 2.60. The minimum atomic E-state index is 0.757. The molecule has 1 aliphatic heterocycles. The Labute approximate surface area is 87.1 Å². The van der Waals surface area contributed by atoms with E-state index in [0.29, 0.717) is 0 Å². The van der Waals surface area contributed by atoms with Crippen molar-refractivity contribution in [3.05, 3.63) is 0 Å². The van der Waals surface area contributed by atoms with E-state index in [1.807, 2.05) is 0 Å². The summed E-state index contributed by atoms with van der Waals surface area (Å²) in [6.45, 7) is 5.83. The van der Waals surface area contributed by atoms with Crippen LogP contribution >= 0.6 is 11.8 Å². The van der Waals surface area contributed by atoms with Gasteiger partial charge in [0.15, 0.2) is 0 Å². The van der Waals surface area contributed by atoms with E-state index in [2.05, 4.69) is 30.9 Å². The van der Waals surface area contributed by atoms with Gasteiger partial charge in [-0.1, -0.05) is 39.5 Å². The quantitative estimate of drug-likeness (QED) is 0.685. The highest BCUT2D eigenvalue weighted by atomic mass is 32.2. The first-order chi connectivity index (χ1) is 6.33. The number of hydrogen-bond donors (Lipinski definition) is 1. The van der Waals surface area contributed by atoms with Gasteiger partial charge in [-0.05, 0) is 24.6 Å². The van der Waals surface area contributed by atoms with Crippen molar-refractivity contribution in [1.82, 2.24) is 5.32 Å². The molecular weight excluding hydrogens is 178 g/mol. The maximum absolute atomic E-state index is 3.61. The Morgan fingerprint density at radius 1 is 1.31 bits per heavy atom. The summed E-state index contributed by atoms with van der Waals surface area (Å²) in [6.07, 6.45) is 6.96. The lowest BCUT2D eigenvalue weighted by Gasteiger charge is -2.27. The van der Waals surface area contributed by atoms with Crippen molar-refractivity contribution in [2.45, 2.75) is 51.3 Å². The van der Waals surface area contributed by atoms with Crippen LogP contribution in [0.4, 0.5) is 0 Å². The van der Waals surface area contributed by atoms with Crippen LogP contribution in [0.2, 0.25) is 0 Å². The van der Waals surface area contributed by atoms with Crippen LogP contribution in [0.25, 0.3) is 0 Å². The number of rotatable bonds is 5. The molecule has 1 fully saturated rings. The van der Waals surface area contributed by atoms with Gasteiger partial charge in [0, 0.05) is 0 Å². The highest BCUT2D eigenvalue weighted by molar-refractivity contribution is 7.99. The number of thioether (sulfide) groups is 1. The first-order valence-corrected chi connectivity index (χ1v) is 6.72. The zero-order valence-corrected chi connectivity index (χ0v) is 9.83. The summed E-state index contributed by atoms with van der Waals surface area (Å²) in [4.78, 5) is 0. The van der Waals surface area contributed by atoms with E-state index >= 15 is 0 Å². The second-order valence-corrected chi connectivity index (χ2v) is 5.42. The number of hydrogen-bond acceptors (Lipinski definition) is 2. The topological polar surface area (TPSA) is 12.0 Å². The summed E-state index contributed by atoms with van der Waals surface area (Å²) >= 11 is 2.12. The van der Waals surface area contributed by atoms with Crippen LogP contribution in [0.15, 0.2) is 0 Å². The fourth-order valence-corrected chi connectivity index (χ4v) is 2.90. The van der Waals surface area contributed by atoms with E-state index in [4.69, 9.17) is 0 Å². The fourth-order valence-electron chi connectivity index (χ4n) is 1.67. The summed E-state index contributed by atoms with van der Waals surface area (Å²) in [5, 5.41) is 4.37. The Kier molecular flexibility index (Phi) is 5.88. The molecule has 2 atom stereocenters. The van der Waals surface area contributed by atoms with Crippen molar-refractivity contribution in [1.29, 1.82) is 0 Å². The molecule has 1 heterocycles. The molecule has 0 aliphatic carbocycles. The van der Waals surface area contributed by atoms with Crippen molar-refractivity contribution in [2.24, 2.45) is 5.92 Å². The van der Waals surface area contributed by atoms with Crippen LogP contribution in [0.5, 0.6) is 0 Å². The molecule has 1 rings (SSSR count). The normalized spacial score (nSPS) is 29.1. The zero-order valence-electron chi connectivity index (χ0n) is 9.01. The molecule has 0 radical (unpaired) electrons. The van der Waals surface area contributed by atoms with Gasteiger partial charge in [0.25, 0.3) is 0 Å². The van der Waals surface area contributed by atoms with E-state index in [1.54, 1.807) is 0 Å². The molecule has 1 saturated heterocycles. The predicted molar refractivity (Wildman–Crippen MR) is 62.2 cm³/mol. The average molecular weight is 201 g/mol. The summed E-state index contributed by atoms with van der Waals surface area (Å²) < 4.78 is 0. The number of nitrogens with one attached hydrogen (secondary N) is 1. The summed E-state index contributed by atoms with van der Waals surface area (Å²) in [5.41, 5.74) is 0. The first kappa shape index (κ1) is 11.4. The SMILES string of the molecule is CCCCCCC1NCC(C)CS1. The van der Waals surface area contributed by atoms with Gasteiger partial charge >= 0.3 is 0 Å². The van der Waals surface area contributed by atoms with Crippen LogP contribution in [0.3, 0.4) is 0 Å². The Bertz CT molecular complexity index is 119. The van der Waals surface area contributed by atoms with Crippen molar-refractivity contribution >= 4 is 11.8 Å². The monoisotopic (exact) mass is 201 g/mol. The molecule has 2 unspecified atom stereocenters. The Morgan fingerprint density at radius 2 is 2.15 bits per heavy atom. The van der Waals surface area contributed by atoms with Gasteiger partial charge < -0.3 is 5.32 Å². The minimum absolute atomic E-state index is 0.757. The van der Waals surface area contributed by atoms with Crippen molar-refractivity contribution in [2.75, 3.05) is 12.3 Å². The molecule has 1 N–H and O–H groups in total. The van der Waals surface area contributed by atoms with Gasteiger partial charge in [-0.2, -0.15) is 0 Å².